The summed E-state index contributed by atoms with van der Waals surface area (Å²) < 4.78 is 13.1. The lowest BCUT2D eigenvalue weighted by molar-refractivity contribution is 0.241. The molecule has 0 N–H and O–H groups in total. The highest BCUT2D eigenvalue weighted by Gasteiger charge is 2.32. The van der Waals surface area contributed by atoms with Gasteiger partial charge in [0.15, 0.2) is 0 Å². The number of hydrogen-bond donors (Lipinski definition) is 0. The van der Waals surface area contributed by atoms with Crippen molar-refractivity contribution in [2.24, 2.45) is 0 Å². The molecule has 0 aromatic heterocycles. The molecule has 120 valence electrons. The first-order chi connectivity index (χ1) is 11.3. The standard InChI is InChI=1S/C20H23NOS/c22-23(15-14-21-12-6-1-7-13-21)20-18-10-4-2-8-16(18)17-9-3-5-11-19(17)20/h2-5,8-11,20H,1,6-7,12-15H2. The molecule has 1 unspecified atom stereocenters. The van der Waals surface area contributed by atoms with Crippen molar-refractivity contribution < 1.29 is 4.21 Å². The average molecular weight is 325 g/mol. The molecule has 0 spiro atoms. The number of rotatable bonds is 4. The van der Waals surface area contributed by atoms with Crippen molar-refractivity contribution in [1.82, 2.24) is 4.90 Å². The Morgan fingerprint density at radius 1 is 0.870 bits per heavy atom. The largest absolute Gasteiger partial charge is 0.302 e. The highest BCUT2D eigenvalue weighted by Crippen LogP contribution is 2.46. The Kier molecular flexibility index (Phi) is 4.32. The second-order valence-electron chi connectivity index (χ2n) is 6.54. The van der Waals surface area contributed by atoms with Gasteiger partial charge in [-0.25, -0.2) is 0 Å². The SMILES string of the molecule is O=S(CCN1CCCCC1)C1c2ccccc2-c2ccccc21. The van der Waals surface area contributed by atoms with E-state index in [0.29, 0.717) is 0 Å². The zero-order valence-corrected chi connectivity index (χ0v) is 14.2. The second kappa shape index (κ2) is 6.58. The Morgan fingerprint density at radius 3 is 2.04 bits per heavy atom. The molecule has 2 nitrogen and oxygen atoms in total. The molecule has 0 bridgehead atoms. The van der Waals surface area contributed by atoms with Crippen LogP contribution in [0.5, 0.6) is 0 Å². The van der Waals surface area contributed by atoms with Gasteiger partial charge in [-0.3, -0.25) is 4.21 Å². The van der Waals surface area contributed by atoms with Gasteiger partial charge in [0.25, 0.3) is 0 Å². The molecule has 1 aliphatic heterocycles. The summed E-state index contributed by atoms with van der Waals surface area (Å²) in [7, 11) is -0.861. The van der Waals surface area contributed by atoms with Crippen LogP contribution < -0.4 is 0 Å². The van der Waals surface area contributed by atoms with Crippen LogP contribution in [0.4, 0.5) is 0 Å². The maximum absolute atomic E-state index is 13.1. The maximum atomic E-state index is 13.1. The first-order valence-corrected chi connectivity index (χ1v) is 10.0. The van der Waals surface area contributed by atoms with Gasteiger partial charge in [-0.1, -0.05) is 55.0 Å². The van der Waals surface area contributed by atoms with Gasteiger partial charge >= 0.3 is 0 Å². The van der Waals surface area contributed by atoms with E-state index in [1.165, 1.54) is 54.6 Å². The monoisotopic (exact) mass is 325 g/mol. The van der Waals surface area contributed by atoms with Gasteiger partial charge in [-0.2, -0.15) is 0 Å². The van der Waals surface area contributed by atoms with Gasteiger partial charge < -0.3 is 4.90 Å². The third-order valence-corrected chi connectivity index (χ3v) is 6.72. The van der Waals surface area contributed by atoms with Crippen molar-refractivity contribution in [2.45, 2.75) is 24.5 Å². The quantitative estimate of drug-likeness (QED) is 0.847. The fourth-order valence-electron chi connectivity index (χ4n) is 3.91. The average Bonchev–Trinajstić information content (AvgIpc) is 2.95. The van der Waals surface area contributed by atoms with Gasteiger partial charge in [-0.05, 0) is 48.2 Å². The van der Waals surface area contributed by atoms with Crippen LogP contribution in [0.25, 0.3) is 11.1 Å². The van der Waals surface area contributed by atoms with Crippen molar-refractivity contribution in [3.05, 3.63) is 59.7 Å². The third-order valence-electron chi connectivity index (χ3n) is 5.10. The zero-order chi connectivity index (χ0) is 15.6. The predicted octanol–water partition coefficient (Wildman–Crippen LogP) is 3.99. The highest BCUT2D eigenvalue weighted by atomic mass is 32.2. The molecule has 0 saturated carbocycles. The molecule has 1 aliphatic carbocycles. The fraction of sp³-hybridized carbons (Fsp3) is 0.400. The number of piperidine rings is 1. The topological polar surface area (TPSA) is 20.3 Å². The molecule has 1 fully saturated rings. The number of likely N-dealkylation sites (tertiary alicyclic amines) is 1. The molecule has 1 saturated heterocycles. The lowest BCUT2D eigenvalue weighted by atomic mass is 10.1. The minimum Gasteiger partial charge on any atom is -0.302 e. The van der Waals surface area contributed by atoms with Crippen LogP contribution >= 0.6 is 0 Å². The van der Waals surface area contributed by atoms with E-state index in [9.17, 15) is 4.21 Å². The van der Waals surface area contributed by atoms with Gasteiger partial charge in [0.1, 0.15) is 0 Å². The van der Waals surface area contributed by atoms with E-state index < -0.39 is 10.8 Å². The Bertz CT molecular complexity index is 676. The van der Waals surface area contributed by atoms with Crippen LogP contribution in [0.15, 0.2) is 48.5 Å². The van der Waals surface area contributed by atoms with Crippen molar-refractivity contribution in [3.63, 3.8) is 0 Å². The molecule has 2 aromatic carbocycles. The lowest BCUT2D eigenvalue weighted by Gasteiger charge is -2.26. The van der Waals surface area contributed by atoms with E-state index in [-0.39, 0.29) is 5.25 Å². The predicted molar refractivity (Wildman–Crippen MR) is 97.0 cm³/mol. The van der Waals surface area contributed by atoms with Gasteiger partial charge in [0.2, 0.25) is 0 Å². The molecule has 23 heavy (non-hydrogen) atoms. The Labute approximate surface area is 141 Å². The van der Waals surface area contributed by atoms with Crippen molar-refractivity contribution >= 4 is 10.8 Å². The summed E-state index contributed by atoms with van der Waals surface area (Å²) in [6.07, 6.45) is 3.94. The highest BCUT2D eigenvalue weighted by molar-refractivity contribution is 7.85. The van der Waals surface area contributed by atoms with E-state index in [0.717, 1.165) is 12.3 Å². The number of benzene rings is 2. The number of nitrogens with zero attached hydrogens (tertiary/aromatic N) is 1. The Morgan fingerprint density at radius 2 is 1.43 bits per heavy atom. The van der Waals surface area contributed by atoms with E-state index in [4.69, 9.17) is 0 Å². The van der Waals surface area contributed by atoms with Crippen LogP contribution in [0.3, 0.4) is 0 Å². The minimum absolute atomic E-state index is 0.0483. The van der Waals surface area contributed by atoms with Crippen molar-refractivity contribution in [1.29, 1.82) is 0 Å². The second-order valence-corrected chi connectivity index (χ2v) is 8.18. The Balaban J connectivity index is 1.57. The molecule has 3 heteroatoms. The Hall–Kier alpha value is -1.45. The summed E-state index contributed by atoms with van der Waals surface area (Å²) in [5.41, 5.74) is 5.01. The lowest BCUT2D eigenvalue weighted by Crippen LogP contribution is -2.33. The maximum Gasteiger partial charge on any atom is 0.0859 e. The van der Waals surface area contributed by atoms with Gasteiger partial charge in [-0.15, -0.1) is 0 Å². The van der Waals surface area contributed by atoms with E-state index in [1.54, 1.807) is 0 Å². The van der Waals surface area contributed by atoms with Gasteiger partial charge in [0.05, 0.1) is 5.25 Å². The first kappa shape index (κ1) is 15.1. The third kappa shape index (κ3) is 2.88. The molecule has 1 atom stereocenters. The smallest absolute Gasteiger partial charge is 0.0859 e. The number of hydrogen-bond acceptors (Lipinski definition) is 2. The summed E-state index contributed by atoms with van der Waals surface area (Å²) in [6, 6.07) is 16.9. The summed E-state index contributed by atoms with van der Waals surface area (Å²) in [4.78, 5) is 2.48. The van der Waals surface area contributed by atoms with Crippen LogP contribution in [-0.4, -0.2) is 34.5 Å². The van der Waals surface area contributed by atoms with Gasteiger partial charge in [0, 0.05) is 23.1 Å². The zero-order valence-electron chi connectivity index (χ0n) is 13.4. The molecular formula is C20H23NOS. The molecule has 4 rings (SSSR count). The van der Waals surface area contributed by atoms with E-state index in [1.807, 2.05) is 0 Å². The summed E-state index contributed by atoms with van der Waals surface area (Å²) in [5.74, 6) is 0.771. The summed E-state index contributed by atoms with van der Waals surface area (Å²) in [5, 5.41) is 0.0483. The van der Waals surface area contributed by atoms with Crippen molar-refractivity contribution in [3.8, 4) is 11.1 Å². The molecular weight excluding hydrogens is 302 g/mol. The normalized spacial score (nSPS) is 19.3. The molecule has 2 aromatic rings. The van der Waals surface area contributed by atoms with Crippen molar-refractivity contribution in [2.75, 3.05) is 25.4 Å². The fourth-order valence-corrected chi connectivity index (χ4v) is 5.56. The summed E-state index contributed by atoms with van der Waals surface area (Å²) >= 11 is 0. The first-order valence-electron chi connectivity index (χ1n) is 8.62. The van der Waals surface area contributed by atoms with E-state index in [2.05, 4.69) is 53.4 Å². The molecule has 1 heterocycles. The molecule has 0 radical (unpaired) electrons. The molecule has 2 aliphatic rings. The van der Waals surface area contributed by atoms with E-state index >= 15 is 0 Å². The minimum atomic E-state index is -0.861. The van der Waals surface area contributed by atoms with Crippen LogP contribution in [0, 0.1) is 0 Å². The molecule has 0 amide bonds. The van der Waals surface area contributed by atoms with Crippen LogP contribution in [0.1, 0.15) is 35.6 Å². The van der Waals surface area contributed by atoms with Crippen LogP contribution in [-0.2, 0) is 10.8 Å². The number of fused-ring (bicyclic) bond motifs is 3. The summed E-state index contributed by atoms with van der Waals surface area (Å²) in [6.45, 7) is 3.32. The van der Waals surface area contributed by atoms with Crippen LogP contribution in [0.2, 0.25) is 0 Å².